The number of carbonyl (C=O) groups is 1. The van der Waals surface area contributed by atoms with Gasteiger partial charge in [0.05, 0.1) is 11.5 Å². The molecule has 90 valence electrons. The van der Waals surface area contributed by atoms with Gasteiger partial charge >= 0.3 is 11.7 Å². The molecule has 0 aliphatic heterocycles. The molecule has 1 aromatic heterocycles. The Kier molecular flexibility index (Phi) is 2.90. The first kappa shape index (κ1) is 11.3. The van der Waals surface area contributed by atoms with E-state index in [1.165, 1.54) is 0 Å². The lowest BCUT2D eigenvalue weighted by Crippen LogP contribution is -2.06. The molecule has 1 aliphatic rings. The zero-order chi connectivity index (χ0) is 12.4. The first-order chi connectivity index (χ1) is 8.08. The van der Waals surface area contributed by atoms with Crippen LogP contribution in [0.5, 0.6) is 5.88 Å². The number of ether oxygens (including phenoxy) is 1. The Morgan fingerprint density at radius 3 is 2.88 bits per heavy atom. The van der Waals surface area contributed by atoms with Crippen molar-refractivity contribution in [3.63, 3.8) is 0 Å². The smallest absolute Gasteiger partial charge is 0.342 e. The summed E-state index contributed by atoms with van der Waals surface area (Å²) >= 11 is 0. The van der Waals surface area contributed by atoms with Crippen LogP contribution < -0.4 is 4.74 Å². The number of rotatable bonds is 5. The fourth-order valence-electron chi connectivity index (χ4n) is 1.31. The Hall–Kier alpha value is -2.18. The maximum atomic E-state index is 10.8. The van der Waals surface area contributed by atoms with Gasteiger partial charge in [-0.05, 0) is 18.8 Å². The molecule has 0 saturated heterocycles. The van der Waals surface area contributed by atoms with Gasteiger partial charge in [-0.25, -0.2) is 9.78 Å². The van der Waals surface area contributed by atoms with Gasteiger partial charge in [0.1, 0.15) is 11.8 Å². The average Bonchev–Trinajstić information content (AvgIpc) is 3.09. The third-order valence-corrected chi connectivity index (χ3v) is 2.45. The van der Waals surface area contributed by atoms with Crippen LogP contribution in [-0.4, -0.2) is 27.6 Å². The first-order valence-corrected chi connectivity index (χ1v) is 5.08. The van der Waals surface area contributed by atoms with Crippen LogP contribution in [0.2, 0.25) is 0 Å². The van der Waals surface area contributed by atoms with Crippen LogP contribution in [0.15, 0.2) is 12.3 Å². The van der Waals surface area contributed by atoms with Gasteiger partial charge in [0.25, 0.3) is 0 Å². The molecular formula is C10H10N2O5. The molecule has 0 unspecified atom stereocenters. The van der Waals surface area contributed by atoms with Gasteiger partial charge in [0, 0.05) is 6.07 Å². The molecule has 7 heteroatoms. The van der Waals surface area contributed by atoms with Gasteiger partial charge in [-0.15, -0.1) is 0 Å². The number of nitro groups is 1. The highest BCUT2D eigenvalue weighted by Crippen LogP contribution is 2.29. The molecule has 7 nitrogen and oxygen atoms in total. The van der Waals surface area contributed by atoms with E-state index in [-0.39, 0.29) is 5.88 Å². The number of carboxylic acids is 1. The Bertz CT molecular complexity index is 470. The van der Waals surface area contributed by atoms with Crippen LogP contribution in [0, 0.1) is 16.0 Å². The number of aromatic carboxylic acids is 1. The number of hydrogen-bond donors (Lipinski definition) is 1. The summed E-state index contributed by atoms with van der Waals surface area (Å²) in [7, 11) is 0. The van der Waals surface area contributed by atoms with Crippen molar-refractivity contribution in [1.29, 1.82) is 0 Å². The SMILES string of the molecule is O=C(O)c1cc(OCC2CC2)ncc1[N+](=O)[O-]. The van der Waals surface area contributed by atoms with Crippen molar-refractivity contribution in [2.75, 3.05) is 6.61 Å². The predicted molar refractivity (Wildman–Crippen MR) is 56.1 cm³/mol. The number of aromatic nitrogens is 1. The second-order valence-corrected chi connectivity index (χ2v) is 3.86. The molecule has 1 aromatic rings. The molecule has 17 heavy (non-hydrogen) atoms. The molecule has 0 amide bonds. The zero-order valence-electron chi connectivity index (χ0n) is 8.83. The van der Waals surface area contributed by atoms with Gasteiger partial charge in [0.15, 0.2) is 0 Å². The fourth-order valence-corrected chi connectivity index (χ4v) is 1.31. The number of nitrogens with zero attached hydrogens (tertiary/aromatic N) is 2. The first-order valence-electron chi connectivity index (χ1n) is 5.08. The molecule has 0 atom stereocenters. The van der Waals surface area contributed by atoms with E-state index in [9.17, 15) is 14.9 Å². The van der Waals surface area contributed by atoms with Gasteiger partial charge in [0.2, 0.25) is 5.88 Å². The van der Waals surface area contributed by atoms with E-state index >= 15 is 0 Å². The van der Waals surface area contributed by atoms with Crippen molar-refractivity contribution in [2.45, 2.75) is 12.8 Å². The summed E-state index contributed by atoms with van der Waals surface area (Å²) in [6.45, 7) is 0.476. The molecular weight excluding hydrogens is 228 g/mol. The average molecular weight is 238 g/mol. The molecule has 1 aliphatic carbocycles. The summed E-state index contributed by atoms with van der Waals surface area (Å²) in [6, 6.07) is 1.09. The summed E-state index contributed by atoms with van der Waals surface area (Å²) in [5.74, 6) is -0.754. The molecule has 0 radical (unpaired) electrons. The normalized spacial score (nSPS) is 14.4. The van der Waals surface area contributed by atoms with E-state index in [0.29, 0.717) is 12.5 Å². The van der Waals surface area contributed by atoms with E-state index in [1.54, 1.807) is 0 Å². The summed E-state index contributed by atoms with van der Waals surface area (Å²) in [4.78, 5) is 24.4. The van der Waals surface area contributed by atoms with Crippen LogP contribution in [0.4, 0.5) is 5.69 Å². The molecule has 1 N–H and O–H groups in total. The third-order valence-electron chi connectivity index (χ3n) is 2.45. The van der Waals surface area contributed by atoms with E-state index in [2.05, 4.69) is 4.98 Å². The fraction of sp³-hybridized carbons (Fsp3) is 0.400. The van der Waals surface area contributed by atoms with Crippen LogP contribution in [0.1, 0.15) is 23.2 Å². The number of hydrogen-bond acceptors (Lipinski definition) is 5. The van der Waals surface area contributed by atoms with Crippen molar-refractivity contribution in [3.8, 4) is 5.88 Å². The standard InChI is InChI=1S/C10H10N2O5/c13-10(14)7-3-9(17-5-6-1-2-6)11-4-8(7)12(15)16/h3-4,6H,1-2,5H2,(H,13,14). The van der Waals surface area contributed by atoms with Gasteiger partial charge in [-0.1, -0.05) is 0 Å². The minimum atomic E-state index is -1.37. The van der Waals surface area contributed by atoms with E-state index in [0.717, 1.165) is 25.1 Å². The number of pyridine rings is 1. The van der Waals surface area contributed by atoms with Crippen LogP contribution in [0.3, 0.4) is 0 Å². The highest BCUT2D eigenvalue weighted by Gasteiger charge is 2.24. The third kappa shape index (κ3) is 2.68. The quantitative estimate of drug-likeness (QED) is 0.615. The van der Waals surface area contributed by atoms with Gasteiger partial charge in [-0.2, -0.15) is 0 Å². The molecule has 0 bridgehead atoms. The summed E-state index contributed by atoms with van der Waals surface area (Å²) in [6.07, 6.45) is 3.10. The predicted octanol–water partition coefficient (Wildman–Crippen LogP) is 1.48. The molecule has 2 rings (SSSR count). The van der Waals surface area contributed by atoms with Crippen molar-refractivity contribution >= 4 is 11.7 Å². The zero-order valence-corrected chi connectivity index (χ0v) is 8.83. The topological polar surface area (TPSA) is 103 Å². The van der Waals surface area contributed by atoms with Gasteiger partial charge in [-0.3, -0.25) is 10.1 Å². The highest BCUT2D eigenvalue weighted by atomic mass is 16.6. The van der Waals surface area contributed by atoms with Crippen molar-refractivity contribution in [3.05, 3.63) is 27.9 Å². The lowest BCUT2D eigenvalue weighted by molar-refractivity contribution is -0.385. The minimum Gasteiger partial charge on any atom is -0.477 e. The van der Waals surface area contributed by atoms with Gasteiger partial charge < -0.3 is 9.84 Å². The van der Waals surface area contributed by atoms with Crippen molar-refractivity contribution < 1.29 is 19.6 Å². The summed E-state index contributed by atoms with van der Waals surface area (Å²) in [5, 5.41) is 19.4. The van der Waals surface area contributed by atoms with Crippen LogP contribution >= 0.6 is 0 Å². The monoisotopic (exact) mass is 238 g/mol. The minimum absolute atomic E-state index is 0.111. The Morgan fingerprint density at radius 2 is 2.35 bits per heavy atom. The summed E-state index contributed by atoms with van der Waals surface area (Å²) < 4.78 is 5.26. The Morgan fingerprint density at radius 1 is 1.65 bits per heavy atom. The van der Waals surface area contributed by atoms with Crippen LogP contribution in [0.25, 0.3) is 0 Å². The van der Waals surface area contributed by atoms with E-state index in [4.69, 9.17) is 9.84 Å². The second-order valence-electron chi connectivity index (χ2n) is 3.86. The lowest BCUT2D eigenvalue weighted by Gasteiger charge is -2.04. The summed E-state index contributed by atoms with van der Waals surface area (Å²) in [5.41, 5.74) is -0.938. The van der Waals surface area contributed by atoms with Crippen molar-refractivity contribution in [1.82, 2.24) is 4.98 Å². The highest BCUT2D eigenvalue weighted by molar-refractivity contribution is 5.92. The lowest BCUT2D eigenvalue weighted by atomic mass is 10.2. The van der Waals surface area contributed by atoms with E-state index in [1.807, 2.05) is 0 Å². The molecule has 0 aromatic carbocycles. The molecule has 1 fully saturated rings. The largest absolute Gasteiger partial charge is 0.477 e. The van der Waals surface area contributed by atoms with E-state index < -0.39 is 22.1 Å². The van der Waals surface area contributed by atoms with Crippen LogP contribution in [-0.2, 0) is 0 Å². The molecule has 0 spiro atoms. The number of carboxylic acid groups (broad SMARTS) is 1. The maximum Gasteiger partial charge on any atom is 0.342 e. The Labute approximate surface area is 96.2 Å². The Balaban J connectivity index is 2.20. The second kappa shape index (κ2) is 4.36. The maximum absolute atomic E-state index is 10.8. The molecule has 1 heterocycles. The molecule has 1 saturated carbocycles. The van der Waals surface area contributed by atoms with Crippen molar-refractivity contribution in [2.24, 2.45) is 5.92 Å².